The van der Waals surface area contributed by atoms with Gasteiger partial charge >= 0.3 is 15.6 Å². The van der Waals surface area contributed by atoms with Gasteiger partial charge < -0.3 is 14.9 Å². The molecular weight excluding hydrogens is 248 g/mol. The molecule has 0 bridgehead atoms. The van der Waals surface area contributed by atoms with Crippen molar-refractivity contribution in [3.63, 3.8) is 0 Å². The number of hydrogen-bond donors (Lipinski definition) is 4. The Morgan fingerprint density at radius 2 is 2.00 bits per heavy atom. The number of phosphoric acid groups is 1. The van der Waals surface area contributed by atoms with Gasteiger partial charge in [0.15, 0.2) is 0 Å². The van der Waals surface area contributed by atoms with Crippen molar-refractivity contribution < 1.29 is 32.9 Å². The van der Waals surface area contributed by atoms with Crippen LogP contribution in [0.2, 0.25) is 0 Å². The third-order valence-corrected chi connectivity index (χ3v) is 3.43. The lowest BCUT2D eigenvalue weighted by Gasteiger charge is -2.12. The number of hydrogen-bond acceptors (Lipinski definition) is 5. The average molecular weight is 261 g/mol. The number of nitrogens with two attached hydrogens (primary N) is 1. The molecule has 15 heavy (non-hydrogen) atoms. The summed E-state index contributed by atoms with van der Waals surface area (Å²) in [5, 5.41) is 8.57. The molecule has 1 atom stereocenters. The summed E-state index contributed by atoms with van der Waals surface area (Å²) in [5.41, 5.74) is 5.39. The molecular formula is C5H13NO7P2. The average Bonchev–Trinajstić information content (AvgIpc) is 1.98. The van der Waals surface area contributed by atoms with Crippen LogP contribution < -0.4 is 5.50 Å². The van der Waals surface area contributed by atoms with Crippen LogP contribution in [-0.2, 0) is 18.0 Å². The Labute approximate surface area is 86.5 Å². The first kappa shape index (κ1) is 15.0. The number of aliphatic hydroxyl groups excluding tert-OH is 1. The molecule has 0 fully saturated rings. The van der Waals surface area contributed by atoms with Crippen LogP contribution in [0.4, 0.5) is 0 Å². The van der Waals surface area contributed by atoms with Gasteiger partial charge in [0, 0.05) is 0 Å². The van der Waals surface area contributed by atoms with E-state index in [9.17, 15) is 9.13 Å². The minimum atomic E-state index is -4.94. The molecule has 90 valence electrons. The van der Waals surface area contributed by atoms with Gasteiger partial charge in [0.2, 0.25) is 0 Å². The fourth-order valence-electron chi connectivity index (χ4n) is 0.520. The highest BCUT2D eigenvalue weighted by molar-refractivity contribution is 7.62. The van der Waals surface area contributed by atoms with Crippen molar-refractivity contribution in [3.05, 3.63) is 11.6 Å². The maximum Gasteiger partial charge on any atom is 0.477 e. The normalized spacial score (nSPS) is 17.5. The predicted octanol–water partition coefficient (Wildman–Crippen LogP) is 0.118. The van der Waals surface area contributed by atoms with Crippen LogP contribution >= 0.6 is 15.6 Å². The van der Waals surface area contributed by atoms with Gasteiger partial charge in [-0.15, -0.1) is 0 Å². The highest BCUT2D eigenvalue weighted by atomic mass is 31.3. The fraction of sp³-hybridized carbons (Fsp3) is 0.600. The zero-order chi connectivity index (χ0) is 12.1. The topological polar surface area (TPSA) is 139 Å². The molecule has 0 aromatic rings. The molecule has 0 aliphatic heterocycles. The molecule has 0 aliphatic carbocycles. The van der Waals surface area contributed by atoms with Crippen molar-refractivity contribution in [1.29, 1.82) is 0 Å². The van der Waals surface area contributed by atoms with E-state index in [0.717, 1.165) is 0 Å². The summed E-state index contributed by atoms with van der Waals surface area (Å²) < 4.78 is 29.5. The standard InChI is InChI=1S/C5H13NO7P2/c1-5(4-7)2-3-12-14(6,8)13-15(9,10)11/h2,7H,3-4H2,1H3,(H2,6,8)(H2,9,10,11). The summed E-state index contributed by atoms with van der Waals surface area (Å²) in [6.07, 6.45) is 1.35. The lowest BCUT2D eigenvalue weighted by molar-refractivity contribution is 0.238. The Bertz CT molecular complexity index is 321. The van der Waals surface area contributed by atoms with Crippen LogP contribution in [0.15, 0.2) is 11.6 Å². The van der Waals surface area contributed by atoms with Gasteiger partial charge in [-0.25, -0.2) is 14.6 Å². The van der Waals surface area contributed by atoms with Crippen molar-refractivity contribution in [3.8, 4) is 0 Å². The molecule has 0 aromatic heterocycles. The third kappa shape index (κ3) is 8.92. The first-order valence-corrected chi connectivity index (χ1v) is 6.87. The highest BCUT2D eigenvalue weighted by Gasteiger charge is 2.29. The van der Waals surface area contributed by atoms with Crippen molar-refractivity contribution in [2.45, 2.75) is 6.92 Å². The van der Waals surface area contributed by atoms with Gasteiger partial charge in [-0.05, 0) is 12.5 Å². The Morgan fingerprint density at radius 3 is 2.40 bits per heavy atom. The van der Waals surface area contributed by atoms with E-state index in [0.29, 0.717) is 5.57 Å². The molecule has 0 saturated heterocycles. The van der Waals surface area contributed by atoms with Gasteiger partial charge in [-0.3, -0.25) is 4.52 Å². The molecule has 0 radical (unpaired) electrons. The quantitative estimate of drug-likeness (QED) is 0.390. The first-order valence-electron chi connectivity index (χ1n) is 3.73. The second kappa shape index (κ2) is 5.89. The van der Waals surface area contributed by atoms with Gasteiger partial charge in [0.05, 0.1) is 13.2 Å². The molecule has 0 spiro atoms. The van der Waals surface area contributed by atoms with Crippen molar-refractivity contribution in [2.24, 2.45) is 5.50 Å². The summed E-state index contributed by atoms with van der Waals surface area (Å²) in [5.74, 6) is 0. The maximum atomic E-state index is 11.0. The Kier molecular flexibility index (Phi) is 5.87. The number of rotatable bonds is 6. The summed E-state index contributed by atoms with van der Waals surface area (Å²) >= 11 is 0. The zero-order valence-electron chi connectivity index (χ0n) is 7.94. The van der Waals surface area contributed by atoms with E-state index >= 15 is 0 Å². The summed E-state index contributed by atoms with van der Waals surface area (Å²) in [7, 11) is -9.21. The lowest BCUT2D eigenvalue weighted by atomic mass is 10.3. The molecule has 10 heteroatoms. The Morgan fingerprint density at radius 1 is 1.47 bits per heavy atom. The van der Waals surface area contributed by atoms with Crippen LogP contribution in [0.5, 0.6) is 0 Å². The summed E-state index contributed by atoms with van der Waals surface area (Å²) in [6, 6.07) is 0. The highest BCUT2D eigenvalue weighted by Crippen LogP contribution is 2.55. The summed E-state index contributed by atoms with van der Waals surface area (Å²) in [6.45, 7) is 1.09. The van der Waals surface area contributed by atoms with Crippen LogP contribution in [0.1, 0.15) is 6.92 Å². The molecule has 0 heterocycles. The van der Waals surface area contributed by atoms with Crippen LogP contribution in [0.25, 0.3) is 0 Å². The molecule has 5 N–H and O–H groups in total. The van der Waals surface area contributed by atoms with Crippen molar-refractivity contribution in [2.75, 3.05) is 13.2 Å². The maximum absolute atomic E-state index is 11.0. The van der Waals surface area contributed by atoms with E-state index in [1.54, 1.807) is 6.92 Å². The second-order valence-corrected chi connectivity index (χ2v) is 5.59. The van der Waals surface area contributed by atoms with Gasteiger partial charge in [0.25, 0.3) is 0 Å². The van der Waals surface area contributed by atoms with E-state index in [-0.39, 0.29) is 13.2 Å². The fourth-order valence-corrected chi connectivity index (χ4v) is 2.18. The molecule has 8 nitrogen and oxygen atoms in total. The number of aliphatic hydroxyl groups is 1. The van der Waals surface area contributed by atoms with Gasteiger partial charge in [-0.2, -0.15) is 4.31 Å². The zero-order valence-corrected chi connectivity index (χ0v) is 9.73. The molecule has 1 unspecified atom stereocenters. The van der Waals surface area contributed by atoms with Crippen LogP contribution in [-0.4, -0.2) is 28.1 Å². The Balaban J connectivity index is 4.18. The Hall–Kier alpha value is -0.0400. The minimum Gasteiger partial charge on any atom is -0.392 e. The smallest absolute Gasteiger partial charge is 0.392 e. The molecule has 0 aliphatic rings. The largest absolute Gasteiger partial charge is 0.477 e. The van der Waals surface area contributed by atoms with Crippen molar-refractivity contribution >= 4 is 15.6 Å². The molecule has 0 aromatic carbocycles. The predicted molar refractivity (Wildman–Crippen MR) is 51.7 cm³/mol. The second-order valence-electron chi connectivity index (χ2n) is 2.62. The van der Waals surface area contributed by atoms with E-state index in [1.165, 1.54) is 6.08 Å². The summed E-state index contributed by atoms with van der Waals surface area (Å²) in [4.78, 5) is 16.6. The van der Waals surface area contributed by atoms with Crippen LogP contribution in [0, 0.1) is 0 Å². The van der Waals surface area contributed by atoms with E-state index in [4.69, 9.17) is 20.4 Å². The van der Waals surface area contributed by atoms with E-state index in [2.05, 4.69) is 8.83 Å². The third-order valence-electron chi connectivity index (χ3n) is 1.16. The molecule has 0 amide bonds. The van der Waals surface area contributed by atoms with Crippen molar-refractivity contribution in [1.82, 2.24) is 0 Å². The van der Waals surface area contributed by atoms with E-state index in [1.807, 2.05) is 0 Å². The SMILES string of the molecule is CC(=CCOP(N)(=O)OP(=O)(O)O)CO. The lowest BCUT2D eigenvalue weighted by Crippen LogP contribution is -2.03. The molecule has 0 rings (SSSR count). The monoisotopic (exact) mass is 261 g/mol. The minimum absolute atomic E-state index is 0.211. The first-order chi connectivity index (χ1) is 6.66. The van der Waals surface area contributed by atoms with E-state index < -0.39 is 15.6 Å². The van der Waals surface area contributed by atoms with Gasteiger partial charge in [0.1, 0.15) is 0 Å². The van der Waals surface area contributed by atoms with Crippen LogP contribution in [0.3, 0.4) is 0 Å². The van der Waals surface area contributed by atoms with Gasteiger partial charge in [-0.1, -0.05) is 6.08 Å². The molecule has 0 saturated carbocycles.